The summed E-state index contributed by atoms with van der Waals surface area (Å²) in [6.45, 7) is 2.17. The highest BCUT2D eigenvalue weighted by Crippen LogP contribution is 2.33. The summed E-state index contributed by atoms with van der Waals surface area (Å²) in [7, 11) is 0. The van der Waals surface area contributed by atoms with E-state index in [9.17, 15) is 18.0 Å². The van der Waals surface area contributed by atoms with Crippen LogP contribution in [0.4, 0.5) is 24.5 Å². The van der Waals surface area contributed by atoms with Gasteiger partial charge in [0.05, 0.1) is 29.4 Å². The van der Waals surface area contributed by atoms with Crippen molar-refractivity contribution in [3.05, 3.63) is 53.1 Å². The number of amides is 1. The number of carbonyl (C=O) groups excluding carboxylic acids is 1. The van der Waals surface area contributed by atoms with Gasteiger partial charge in [-0.3, -0.25) is 4.79 Å². The lowest BCUT2D eigenvalue weighted by Crippen LogP contribution is -2.22. The molecular weight excluding hydrogens is 357 g/mol. The molecule has 2 N–H and O–H groups in total. The molecule has 0 radical (unpaired) electrons. The SMILES string of the molecule is CCOc1ccc(NC(=O)CNc2cc(C(F)(F)F)ccc2Cl)cc1. The minimum atomic E-state index is -4.48. The van der Waals surface area contributed by atoms with Gasteiger partial charge in [0.25, 0.3) is 0 Å². The highest BCUT2D eigenvalue weighted by Gasteiger charge is 2.30. The van der Waals surface area contributed by atoms with Gasteiger partial charge in [-0.25, -0.2) is 0 Å². The zero-order valence-corrected chi connectivity index (χ0v) is 14.0. The summed E-state index contributed by atoms with van der Waals surface area (Å²) in [5.74, 6) is 0.256. The Morgan fingerprint density at radius 1 is 1.16 bits per heavy atom. The van der Waals surface area contributed by atoms with Gasteiger partial charge < -0.3 is 15.4 Å². The van der Waals surface area contributed by atoms with Crippen molar-refractivity contribution in [2.75, 3.05) is 23.8 Å². The van der Waals surface area contributed by atoms with Crippen LogP contribution in [-0.4, -0.2) is 19.1 Å². The van der Waals surface area contributed by atoms with Crippen molar-refractivity contribution in [1.82, 2.24) is 0 Å². The maximum absolute atomic E-state index is 12.7. The second kappa shape index (κ2) is 8.11. The van der Waals surface area contributed by atoms with Crippen LogP contribution >= 0.6 is 11.6 Å². The number of benzene rings is 2. The predicted octanol–water partition coefficient (Wildman–Crippen LogP) is 4.81. The number of ether oxygens (including phenoxy) is 1. The molecule has 0 heterocycles. The molecule has 4 nitrogen and oxygen atoms in total. The molecule has 0 aliphatic carbocycles. The van der Waals surface area contributed by atoms with E-state index in [0.29, 0.717) is 18.0 Å². The Kier molecular flexibility index (Phi) is 6.14. The maximum atomic E-state index is 12.7. The fourth-order valence-electron chi connectivity index (χ4n) is 2.02. The number of alkyl halides is 3. The van der Waals surface area contributed by atoms with Crippen LogP contribution in [0.25, 0.3) is 0 Å². The number of nitrogens with one attached hydrogen (secondary N) is 2. The first kappa shape index (κ1) is 18.9. The van der Waals surface area contributed by atoms with Gasteiger partial charge in [-0.05, 0) is 49.4 Å². The van der Waals surface area contributed by atoms with E-state index in [0.717, 1.165) is 18.2 Å². The van der Waals surface area contributed by atoms with E-state index in [-0.39, 0.29) is 17.3 Å². The van der Waals surface area contributed by atoms with E-state index in [4.69, 9.17) is 16.3 Å². The summed E-state index contributed by atoms with van der Waals surface area (Å²) >= 11 is 5.86. The zero-order valence-electron chi connectivity index (χ0n) is 13.3. The molecule has 0 bridgehead atoms. The van der Waals surface area contributed by atoms with Crippen LogP contribution in [-0.2, 0) is 11.0 Å². The number of carbonyl (C=O) groups is 1. The van der Waals surface area contributed by atoms with E-state index < -0.39 is 17.6 Å². The highest BCUT2D eigenvalue weighted by atomic mass is 35.5. The second-order valence-corrected chi connectivity index (χ2v) is 5.46. The topological polar surface area (TPSA) is 50.4 Å². The Hall–Kier alpha value is -2.41. The fourth-order valence-corrected chi connectivity index (χ4v) is 2.20. The lowest BCUT2D eigenvalue weighted by Gasteiger charge is -2.12. The van der Waals surface area contributed by atoms with Crippen molar-refractivity contribution in [3.63, 3.8) is 0 Å². The molecule has 25 heavy (non-hydrogen) atoms. The van der Waals surface area contributed by atoms with E-state index in [1.165, 1.54) is 0 Å². The molecule has 0 aliphatic heterocycles. The monoisotopic (exact) mass is 372 g/mol. The maximum Gasteiger partial charge on any atom is 0.416 e. The molecule has 2 aromatic carbocycles. The Bertz CT molecular complexity index is 734. The van der Waals surface area contributed by atoms with Crippen molar-refractivity contribution in [2.45, 2.75) is 13.1 Å². The van der Waals surface area contributed by atoms with Crippen LogP contribution < -0.4 is 15.4 Å². The molecular formula is C17H16ClF3N2O2. The minimum absolute atomic E-state index is 0.0401. The van der Waals surface area contributed by atoms with Crippen LogP contribution in [0, 0.1) is 0 Å². The van der Waals surface area contributed by atoms with E-state index in [2.05, 4.69) is 10.6 Å². The molecule has 0 aromatic heterocycles. The normalized spacial score (nSPS) is 11.1. The molecule has 8 heteroatoms. The molecule has 0 fully saturated rings. The smallest absolute Gasteiger partial charge is 0.416 e. The highest BCUT2D eigenvalue weighted by molar-refractivity contribution is 6.33. The van der Waals surface area contributed by atoms with Crippen LogP contribution in [0.3, 0.4) is 0 Å². The summed E-state index contributed by atoms with van der Waals surface area (Å²) in [5.41, 5.74) is -0.255. The predicted molar refractivity (Wildman–Crippen MR) is 91.2 cm³/mol. The Labute approximate surface area is 147 Å². The van der Waals surface area contributed by atoms with Crippen LogP contribution in [0.5, 0.6) is 5.75 Å². The van der Waals surface area contributed by atoms with Crippen molar-refractivity contribution >= 4 is 28.9 Å². The van der Waals surface area contributed by atoms with Crippen LogP contribution in [0.1, 0.15) is 12.5 Å². The Morgan fingerprint density at radius 2 is 1.84 bits per heavy atom. The Balaban J connectivity index is 1.95. The molecule has 0 unspecified atom stereocenters. The largest absolute Gasteiger partial charge is 0.494 e. The van der Waals surface area contributed by atoms with Crippen LogP contribution in [0.2, 0.25) is 5.02 Å². The van der Waals surface area contributed by atoms with Gasteiger partial charge in [-0.15, -0.1) is 0 Å². The molecule has 2 rings (SSSR count). The molecule has 0 saturated carbocycles. The van der Waals surface area contributed by atoms with Gasteiger partial charge in [0.15, 0.2) is 0 Å². The lowest BCUT2D eigenvalue weighted by molar-refractivity contribution is -0.137. The quantitative estimate of drug-likeness (QED) is 0.765. The molecule has 134 valence electrons. The number of hydrogen-bond donors (Lipinski definition) is 2. The standard InChI is InChI=1S/C17H16ClF3N2O2/c1-2-25-13-6-4-12(5-7-13)23-16(24)10-22-15-9-11(17(19,20)21)3-8-14(15)18/h3-9,22H,2,10H2,1H3,(H,23,24). The van der Waals surface area contributed by atoms with Crippen molar-refractivity contribution in [2.24, 2.45) is 0 Å². The zero-order chi connectivity index (χ0) is 18.4. The summed E-state index contributed by atoms with van der Waals surface area (Å²) in [4.78, 5) is 11.9. The lowest BCUT2D eigenvalue weighted by atomic mass is 10.2. The van der Waals surface area contributed by atoms with Crippen molar-refractivity contribution in [1.29, 1.82) is 0 Å². The first-order valence-corrected chi connectivity index (χ1v) is 7.80. The molecule has 1 amide bonds. The Morgan fingerprint density at radius 3 is 2.44 bits per heavy atom. The fraction of sp³-hybridized carbons (Fsp3) is 0.235. The third kappa shape index (κ3) is 5.56. The van der Waals surface area contributed by atoms with Gasteiger partial charge in [0.2, 0.25) is 5.91 Å². The molecule has 0 saturated heterocycles. The average Bonchev–Trinajstić information content (AvgIpc) is 2.55. The van der Waals surface area contributed by atoms with Gasteiger partial charge in [-0.1, -0.05) is 11.6 Å². The van der Waals surface area contributed by atoms with E-state index in [1.54, 1.807) is 24.3 Å². The van der Waals surface area contributed by atoms with Gasteiger partial charge in [0.1, 0.15) is 5.75 Å². The summed E-state index contributed by atoms with van der Waals surface area (Å²) < 4.78 is 43.4. The minimum Gasteiger partial charge on any atom is -0.494 e. The van der Waals surface area contributed by atoms with E-state index in [1.807, 2.05) is 6.92 Å². The summed E-state index contributed by atoms with van der Waals surface area (Å²) in [6.07, 6.45) is -4.48. The van der Waals surface area contributed by atoms with E-state index >= 15 is 0 Å². The number of rotatable bonds is 6. The van der Waals surface area contributed by atoms with Gasteiger partial charge in [0, 0.05) is 5.69 Å². The van der Waals surface area contributed by atoms with Gasteiger partial charge >= 0.3 is 6.18 Å². The third-order valence-electron chi connectivity index (χ3n) is 3.18. The first-order chi connectivity index (χ1) is 11.8. The first-order valence-electron chi connectivity index (χ1n) is 7.43. The summed E-state index contributed by atoms with van der Waals surface area (Å²) in [6, 6.07) is 9.63. The third-order valence-corrected chi connectivity index (χ3v) is 3.51. The molecule has 0 atom stereocenters. The average molecular weight is 373 g/mol. The van der Waals surface area contributed by atoms with Crippen molar-refractivity contribution < 1.29 is 22.7 Å². The molecule has 2 aromatic rings. The molecule has 0 spiro atoms. The number of halogens is 4. The molecule has 0 aliphatic rings. The second-order valence-electron chi connectivity index (χ2n) is 5.05. The number of hydrogen-bond acceptors (Lipinski definition) is 3. The van der Waals surface area contributed by atoms with Crippen LogP contribution in [0.15, 0.2) is 42.5 Å². The van der Waals surface area contributed by atoms with Crippen molar-refractivity contribution in [3.8, 4) is 5.75 Å². The summed E-state index contributed by atoms with van der Waals surface area (Å²) in [5, 5.41) is 5.33. The number of anilines is 2. The van der Waals surface area contributed by atoms with Gasteiger partial charge in [-0.2, -0.15) is 13.2 Å².